The number of likely N-dealkylation sites (tertiary alicyclic amines) is 1. The van der Waals surface area contributed by atoms with Crippen LogP contribution in [0.25, 0.3) is 0 Å². The highest BCUT2D eigenvalue weighted by atomic mass is 19.1. The van der Waals surface area contributed by atoms with Gasteiger partial charge in [0.15, 0.2) is 0 Å². The Bertz CT molecular complexity index is 884. The molecular formula is C24H27FN2O4. The van der Waals surface area contributed by atoms with Gasteiger partial charge in [-0.2, -0.15) is 0 Å². The standard InChI is InChI=1S/C24H27FN2O4/c25-20-8-6-18(7-9-20)24(29)27-11-10-22(31-21-4-2-1-3-5-21)19(17-27)16-23(28)26-12-14-30-15-13-26/h1-9,19,22H,10-17H2/t19-,22-/m0/s1. The number of para-hydroxylation sites is 1. The Morgan fingerprint density at radius 2 is 1.68 bits per heavy atom. The maximum atomic E-state index is 13.2. The number of rotatable bonds is 5. The molecule has 7 heteroatoms. The summed E-state index contributed by atoms with van der Waals surface area (Å²) in [7, 11) is 0. The normalized spacial score (nSPS) is 21.6. The van der Waals surface area contributed by atoms with Crippen LogP contribution in [0.15, 0.2) is 54.6 Å². The van der Waals surface area contributed by atoms with Crippen LogP contribution in [-0.4, -0.2) is 67.1 Å². The largest absolute Gasteiger partial charge is 0.490 e. The zero-order valence-electron chi connectivity index (χ0n) is 17.4. The third-order valence-electron chi connectivity index (χ3n) is 5.87. The molecule has 2 aliphatic rings. The van der Waals surface area contributed by atoms with Crippen LogP contribution in [0.5, 0.6) is 5.75 Å². The first kappa shape index (κ1) is 21.3. The Balaban J connectivity index is 1.48. The van der Waals surface area contributed by atoms with Crippen molar-refractivity contribution in [3.05, 3.63) is 66.0 Å². The summed E-state index contributed by atoms with van der Waals surface area (Å²) in [5.74, 6) is 0.164. The van der Waals surface area contributed by atoms with Crippen LogP contribution in [0.1, 0.15) is 23.2 Å². The van der Waals surface area contributed by atoms with Crippen molar-refractivity contribution in [2.24, 2.45) is 5.92 Å². The number of morpholine rings is 1. The van der Waals surface area contributed by atoms with Gasteiger partial charge in [-0.15, -0.1) is 0 Å². The topological polar surface area (TPSA) is 59.1 Å². The first-order valence-electron chi connectivity index (χ1n) is 10.7. The molecule has 2 aliphatic heterocycles. The van der Waals surface area contributed by atoms with E-state index in [9.17, 15) is 14.0 Å². The molecule has 2 heterocycles. The number of amides is 2. The molecule has 0 saturated carbocycles. The minimum absolute atomic E-state index is 0.0612. The molecule has 0 unspecified atom stereocenters. The van der Waals surface area contributed by atoms with E-state index >= 15 is 0 Å². The molecule has 0 spiro atoms. The predicted molar refractivity (Wildman–Crippen MR) is 113 cm³/mol. The predicted octanol–water partition coefficient (Wildman–Crippen LogP) is 2.98. The van der Waals surface area contributed by atoms with Crippen LogP contribution in [0, 0.1) is 11.7 Å². The monoisotopic (exact) mass is 426 g/mol. The summed E-state index contributed by atoms with van der Waals surface area (Å²) in [5.41, 5.74) is 0.446. The third kappa shape index (κ3) is 5.41. The van der Waals surface area contributed by atoms with Crippen molar-refractivity contribution in [3.63, 3.8) is 0 Å². The number of ether oxygens (including phenoxy) is 2. The Morgan fingerprint density at radius 1 is 0.968 bits per heavy atom. The lowest BCUT2D eigenvalue weighted by Gasteiger charge is -2.39. The number of benzene rings is 2. The van der Waals surface area contributed by atoms with Crippen molar-refractivity contribution in [2.75, 3.05) is 39.4 Å². The molecule has 2 atom stereocenters. The lowest BCUT2D eigenvalue weighted by atomic mass is 9.90. The number of carbonyl (C=O) groups excluding carboxylic acids is 2. The van der Waals surface area contributed by atoms with Crippen LogP contribution in [0.3, 0.4) is 0 Å². The molecule has 2 aromatic carbocycles. The molecule has 2 saturated heterocycles. The van der Waals surface area contributed by atoms with Crippen molar-refractivity contribution in [3.8, 4) is 5.75 Å². The van der Waals surface area contributed by atoms with Gasteiger partial charge in [-0.05, 0) is 36.4 Å². The van der Waals surface area contributed by atoms with Crippen molar-refractivity contribution >= 4 is 11.8 Å². The fourth-order valence-electron chi connectivity index (χ4n) is 4.16. The third-order valence-corrected chi connectivity index (χ3v) is 5.87. The number of hydrogen-bond acceptors (Lipinski definition) is 4. The maximum absolute atomic E-state index is 13.2. The highest BCUT2D eigenvalue weighted by molar-refractivity contribution is 5.94. The summed E-state index contributed by atoms with van der Waals surface area (Å²) < 4.78 is 24.8. The highest BCUT2D eigenvalue weighted by Crippen LogP contribution is 2.27. The molecule has 0 radical (unpaired) electrons. The lowest BCUT2D eigenvalue weighted by molar-refractivity contribution is -0.137. The van der Waals surface area contributed by atoms with Crippen LogP contribution in [0.4, 0.5) is 4.39 Å². The zero-order valence-corrected chi connectivity index (χ0v) is 17.4. The number of hydrogen-bond donors (Lipinski definition) is 0. The summed E-state index contributed by atoms with van der Waals surface area (Å²) in [6.45, 7) is 3.23. The summed E-state index contributed by atoms with van der Waals surface area (Å²) >= 11 is 0. The van der Waals surface area contributed by atoms with E-state index in [1.807, 2.05) is 35.2 Å². The molecule has 0 aliphatic carbocycles. The van der Waals surface area contributed by atoms with Gasteiger partial charge in [0.1, 0.15) is 17.7 Å². The fraction of sp³-hybridized carbons (Fsp3) is 0.417. The second-order valence-electron chi connectivity index (χ2n) is 7.97. The summed E-state index contributed by atoms with van der Waals surface area (Å²) in [6, 6.07) is 15.1. The SMILES string of the molecule is O=C(C[C@H]1CN(C(=O)c2ccc(F)cc2)CC[C@@H]1Oc1ccccc1)N1CCOCC1. The van der Waals surface area contributed by atoms with Crippen LogP contribution >= 0.6 is 0 Å². The van der Waals surface area contributed by atoms with Crippen molar-refractivity contribution in [2.45, 2.75) is 18.9 Å². The van der Waals surface area contributed by atoms with Gasteiger partial charge >= 0.3 is 0 Å². The van der Waals surface area contributed by atoms with E-state index in [1.165, 1.54) is 24.3 Å². The van der Waals surface area contributed by atoms with Crippen LogP contribution < -0.4 is 4.74 Å². The molecule has 0 bridgehead atoms. The van der Waals surface area contributed by atoms with Crippen molar-refractivity contribution < 1.29 is 23.5 Å². The molecule has 164 valence electrons. The summed E-state index contributed by atoms with van der Waals surface area (Å²) in [6.07, 6.45) is 0.776. The molecule has 2 amide bonds. The number of halogens is 1. The van der Waals surface area contributed by atoms with E-state index in [0.29, 0.717) is 57.8 Å². The van der Waals surface area contributed by atoms with Gasteiger partial charge in [-0.25, -0.2) is 4.39 Å². The van der Waals surface area contributed by atoms with E-state index in [4.69, 9.17) is 9.47 Å². The van der Waals surface area contributed by atoms with Crippen molar-refractivity contribution in [1.29, 1.82) is 0 Å². The molecule has 4 rings (SSSR count). The number of carbonyl (C=O) groups is 2. The molecule has 2 aromatic rings. The molecular weight excluding hydrogens is 399 g/mol. The average molecular weight is 426 g/mol. The van der Waals surface area contributed by atoms with E-state index in [2.05, 4.69) is 0 Å². The minimum Gasteiger partial charge on any atom is -0.490 e. The van der Waals surface area contributed by atoms with Gasteiger partial charge in [0.2, 0.25) is 5.91 Å². The first-order valence-corrected chi connectivity index (χ1v) is 10.7. The van der Waals surface area contributed by atoms with E-state index in [0.717, 1.165) is 5.75 Å². The number of nitrogens with zero attached hydrogens (tertiary/aromatic N) is 2. The first-order chi connectivity index (χ1) is 15.1. The van der Waals surface area contributed by atoms with Gasteiger partial charge in [0.25, 0.3) is 5.91 Å². The van der Waals surface area contributed by atoms with Gasteiger partial charge in [0.05, 0.1) is 13.2 Å². The minimum atomic E-state index is -0.375. The van der Waals surface area contributed by atoms with Gasteiger partial charge in [-0.3, -0.25) is 9.59 Å². The quantitative estimate of drug-likeness (QED) is 0.738. The van der Waals surface area contributed by atoms with E-state index < -0.39 is 0 Å². The second-order valence-corrected chi connectivity index (χ2v) is 7.97. The molecule has 6 nitrogen and oxygen atoms in total. The van der Waals surface area contributed by atoms with Crippen LogP contribution in [-0.2, 0) is 9.53 Å². The summed E-state index contributed by atoms with van der Waals surface area (Å²) in [5, 5.41) is 0. The van der Waals surface area contributed by atoms with Gasteiger partial charge < -0.3 is 19.3 Å². The molecule has 2 fully saturated rings. The van der Waals surface area contributed by atoms with E-state index in [1.54, 1.807) is 4.90 Å². The highest BCUT2D eigenvalue weighted by Gasteiger charge is 2.35. The second kappa shape index (κ2) is 9.92. The zero-order chi connectivity index (χ0) is 21.6. The molecule has 0 N–H and O–H groups in total. The molecule has 31 heavy (non-hydrogen) atoms. The van der Waals surface area contributed by atoms with Gasteiger partial charge in [0, 0.05) is 50.5 Å². The van der Waals surface area contributed by atoms with Gasteiger partial charge in [-0.1, -0.05) is 18.2 Å². The Kier molecular flexibility index (Phi) is 6.82. The maximum Gasteiger partial charge on any atom is 0.253 e. The van der Waals surface area contributed by atoms with Crippen LogP contribution in [0.2, 0.25) is 0 Å². The Morgan fingerprint density at radius 3 is 2.39 bits per heavy atom. The Labute approximate surface area is 181 Å². The smallest absolute Gasteiger partial charge is 0.253 e. The van der Waals surface area contributed by atoms with Crippen molar-refractivity contribution in [1.82, 2.24) is 9.80 Å². The fourth-order valence-corrected chi connectivity index (χ4v) is 4.16. The summed E-state index contributed by atoms with van der Waals surface area (Å²) in [4.78, 5) is 29.4. The molecule has 0 aromatic heterocycles. The Hall–Kier alpha value is -2.93. The van der Waals surface area contributed by atoms with E-state index in [-0.39, 0.29) is 29.7 Å². The number of piperidine rings is 1. The average Bonchev–Trinajstić information content (AvgIpc) is 2.81. The lowest BCUT2D eigenvalue weighted by Crippen LogP contribution is -2.50.